The van der Waals surface area contributed by atoms with Gasteiger partial charge < -0.3 is 4.90 Å². The van der Waals surface area contributed by atoms with E-state index >= 15 is 0 Å². The van der Waals surface area contributed by atoms with Gasteiger partial charge in [-0.25, -0.2) is 0 Å². The van der Waals surface area contributed by atoms with Crippen molar-refractivity contribution in [1.29, 1.82) is 0 Å². The first-order valence-electron chi connectivity index (χ1n) is 6.17. The molecule has 1 aliphatic rings. The number of rotatable bonds is 4. The van der Waals surface area contributed by atoms with E-state index in [1.807, 2.05) is 36.4 Å². The second-order valence-corrected chi connectivity index (χ2v) is 4.45. The van der Waals surface area contributed by atoms with Gasteiger partial charge in [0.2, 0.25) is 0 Å². The van der Waals surface area contributed by atoms with Gasteiger partial charge in [0.1, 0.15) is 0 Å². The summed E-state index contributed by atoms with van der Waals surface area (Å²) in [5.41, 5.74) is 9.97. The molecule has 2 aromatic rings. The average molecular weight is 252 g/mol. The molecule has 0 saturated carbocycles. The Morgan fingerprint density at radius 2 is 2.00 bits per heavy atom. The summed E-state index contributed by atoms with van der Waals surface area (Å²) in [4.78, 5) is 16.9. The van der Waals surface area contributed by atoms with E-state index in [0.29, 0.717) is 19.5 Å². The molecule has 1 heterocycles. The molecule has 94 valence electrons. The van der Waals surface area contributed by atoms with Crippen LogP contribution in [0, 0.1) is 0 Å². The second-order valence-electron chi connectivity index (χ2n) is 4.45. The SMILES string of the molecule is [N-]=[N+]=NCCCN1C(=O)c2cccc3cccc1c23. The van der Waals surface area contributed by atoms with Crippen molar-refractivity contribution in [3.63, 3.8) is 0 Å². The number of azide groups is 1. The lowest BCUT2D eigenvalue weighted by Gasteiger charge is -2.16. The molecule has 0 aliphatic carbocycles. The van der Waals surface area contributed by atoms with Crippen LogP contribution in [0.2, 0.25) is 0 Å². The van der Waals surface area contributed by atoms with Gasteiger partial charge in [-0.2, -0.15) is 0 Å². The molecular formula is C14H12N4O. The maximum atomic E-state index is 12.4. The summed E-state index contributed by atoms with van der Waals surface area (Å²) in [5, 5.41) is 5.61. The van der Waals surface area contributed by atoms with Crippen LogP contribution in [-0.2, 0) is 0 Å². The van der Waals surface area contributed by atoms with Crippen molar-refractivity contribution in [2.45, 2.75) is 6.42 Å². The number of nitrogens with zero attached hydrogens (tertiary/aromatic N) is 4. The van der Waals surface area contributed by atoms with Crippen molar-refractivity contribution in [2.24, 2.45) is 5.11 Å². The number of amides is 1. The predicted octanol–water partition coefficient (Wildman–Crippen LogP) is 3.50. The van der Waals surface area contributed by atoms with Crippen LogP contribution in [0.1, 0.15) is 16.8 Å². The topological polar surface area (TPSA) is 69.1 Å². The minimum Gasteiger partial charge on any atom is -0.308 e. The number of hydrogen-bond acceptors (Lipinski definition) is 2. The van der Waals surface area contributed by atoms with Crippen molar-refractivity contribution in [3.8, 4) is 0 Å². The molecule has 1 amide bonds. The summed E-state index contributed by atoms with van der Waals surface area (Å²) in [6.07, 6.45) is 0.667. The molecular weight excluding hydrogens is 240 g/mol. The quantitative estimate of drug-likeness (QED) is 0.355. The van der Waals surface area contributed by atoms with Gasteiger partial charge in [0.15, 0.2) is 0 Å². The number of anilines is 1. The molecule has 1 aliphatic heterocycles. The number of benzene rings is 2. The van der Waals surface area contributed by atoms with Crippen LogP contribution in [0.25, 0.3) is 21.2 Å². The number of carbonyl (C=O) groups excluding carboxylic acids is 1. The molecule has 0 fully saturated rings. The normalized spacial score (nSPS) is 12.8. The van der Waals surface area contributed by atoms with Gasteiger partial charge >= 0.3 is 0 Å². The van der Waals surface area contributed by atoms with E-state index in [9.17, 15) is 4.79 Å². The van der Waals surface area contributed by atoms with Gasteiger partial charge in [-0.1, -0.05) is 29.4 Å². The summed E-state index contributed by atoms with van der Waals surface area (Å²) in [5.74, 6) is 0.0349. The van der Waals surface area contributed by atoms with E-state index < -0.39 is 0 Å². The lowest BCUT2D eigenvalue weighted by atomic mass is 10.1. The van der Waals surface area contributed by atoms with Crippen LogP contribution in [0.3, 0.4) is 0 Å². The van der Waals surface area contributed by atoms with Crippen LogP contribution < -0.4 is 4.90 Å². The standard InChI is InChI=1S/C14H12N4O/c15-17-16-8-3-9-18-12-7-2-5-10-4-1-6-11(13(10)12)14(18)19/h1-2,4-7H,3,8-9H2. The van der Waals surface area contributed by atoms with Crippen molar-refractivity contribution < 1.29 is 4.79 Å². The van der Waals surface area contributed by atoms with E-state index in [-0.39, 0.29) is 5.91 Å². The molecule has 0 atom stereocenters. The Morgan fingerprint density at radius 1 is 1.21 bits per heavy atom. The third-order valence-corrected chi connectivity index (χ3v) is 3.35. The molecule has 0 spiro atoms. The molecule has 0 N–H and O–H groups in total. The van der Waals surface area contributed by atoms with Gasteiger partial charge in [0.05, 0.1) is 5.69 Å². The zero-order chi connectivity index (χ0) is 13.2. The lowest BCUT2D eigenvalue weighted by molar-refractivity contribution is 0.0993. The zero-order valence-corrected chi connectivity index (χ0v) is 10.3. The van der Waals surface area contributed by atoms with E-state index in [2.05, 4.69) is 10.0 Å². The molecule has 5 nitrogen and oxygen atoms in total. The first kappa shape index (κ1) is 11.6. The minimum absolute atomic E-state index is 0.0349. The summed E-state index contributed by atoms with van der Waals surface area (Å²) >= 11 is 0. The fourth-order valence-electron chi connectivity index (χ4n) is 2.55. The van der Waals surface area contributed by atoms with E-state index in [1.54, 1.807) is 4.90 Å². The fraction of sp³-hybridized carbons (Fsp3) is 0.214. The minimum atomic E-state index is 0.0349. The Morgan fingerprint density at radius 3 is 2.79 bits per heavy atom. The van der Waals surface area contributed by atoms with Crippen molar-refractivity contribution in [3.05, 3.63) is 52.4 Å². The Labute approximate surface area is 110 Å². The highest BCUT2D eigenvalue weighted by Gasteiger charge is 2.28. The lowest BCUT2D eigenvalue weighted by Crippen LogP contribution is -2.28. The average Bonchev–Trinajstić information content (AvgIpc) is 2.71. The Hall–Kier alpha value is -2.52. The number of hydrogen-bond donors (Lipinski definition) is 0. The summed E-state index contributed by atoms with van der Waals surface area (Å²) < 4.78 is 0. The highest BCUT2D eigenvalue weighted by Crippen LogP contribution is 2.36. The summed E-state index contributed by atoms with van der Waals surface area (Å²) in [6.45, 7) is 0.984. The van der Waals surface area contributed by atoms with Crippen molar-refractivity contribution in [1.82, 2.24) is 0 Å². The molecule has 3 rings (SSSR count). The van der Waals surface area contributed by atoms with Crippen LogP contribution in [-0.4, -0.2) is 19.0 Å². The highest BCUT2D eigenvalue weighted by atomic mass is 16.2. The largest absolute Gasteiger partial charge is 0.308 e. The predicted molar refractivity (Wildman–Crippen MR) is 74.3 cm³/mol. The Bertz CT molecular complexity index is 698. The van der Waals surface area contributed by atoms with E-state index in [0.717, 1.165) is 22.0 Å². The first-order chi connectivity index (χ1) is 9.33. The molecule has 5 heteroatoms. The molecule has 0 radical (unpaired) electrons. The van der Waals surface area contributed by atoms with Crippen LogP contribution in [0.5, 0.6) is 0 Å². The van der Waals surface area contributed by atoms with Gasteiger partial charge in [0.25, 0.3) is 5.91 Å². The second kappa shape index (κ2) is 4.63. The van der Waals surface area contributed by atoms with Crippen LogP contribution >= 0.6 is 0 Å². The maximum absolute atomic E-state index is 12.4. The van der Waals surface area contributed by atoms with Gasteiger partial charge in [-0.3, -0.25) is 4.79 Å². The third kappa shape index (κ3) is 1.80. The maximum Gasteiger partial charge on any atom is 0.258 e. The van der Waals surface area contributed by atoms with Crippen LogP contribution in [0.4, 0.5) is 5.69 Å². The monoisotopic (exact) mass is 252 g/mol. The molecule has 19 heavy (non-hydrogen) atoms. The van der Waals surface area contributed by atoms with Crippen molar-refractivity contribution in [2.75, 3.05) is 18.0 Å². The Kier molecular flexibility index (Phi) is 2.82. The summed E-state index contributed by atoms with van der Waals surface area (Å²) in [6, 6.07) is 11.7. The third-order valence-electron chi connectivity index (χ3n) is 3.35. The van der Waals surface area contributed by atoms with Gasteiger partial charge in [-0.05, 0) is 29.5 Å². The molecule has 2 aromatic carbocycles. The summed E-state index contributed by atoms with van der Waals surface area (Å²) in [7, 11) is 0. The Balaban J connectivity index is 1.96. The highest BCUT2D eigenvalue weighted by molar-refractivity contribution is 6.24. The van der Waals surface area contributed by atoms with Gasteiger partial charge in [0, 0.05) is 29.0 Å². The molecule has 0 aromatic heterocycles. The van der Waals surface area contributed by atoms with E-state index in [4.69, 9.17) is 5.53 Å². The smallest absolute Gasteiger partial charge is 0.258 e. The molecule has 0 unspecified atom stereocenters. The molecule has 0 bridgehead atoms. The number of carbonyl (C=O) groups is 1. The first-order valence-corrected chi connectivity index (χ1v) is 6.17. The zero-order valence-electron chi connectivity index (χ0n) is 10.3. The van der Waals surface area contributed by atoms with Crippen molar-refractivity contribution >= 4 is 22.4 Å². The van der Waals surface area contributed by atoms with Crippen LogP contribution in [0.15, 0.2) is 41.5 Å². The fourth-order valence-corrected chi connectivity index (χ4v) is 2.55. The molecule has 0 saturated heterocycles. The van der Waals surface area contributed by atoms with Gasteiger partial charge in [-0.15, -0.1) is 0 Å². The van der Waals surface area contributed by atoms with E-state index in [1.165, 1.54) is 0 Å².